The maximum atomic E-state index is 13.5. The van der Waals surface area contributed by atoms with Gasteiger partial charge in [0.05, 0.1) is 5.75 Å². The third-order valence-corrected chi connectivity index (χ3v) is 4.61. The van der Waals surface area contributed by atoms with E-state index in [-0.39, 0.29) is 11.7 Å². The quantitative estimate of drug-likeness (QED) is 0.806. The number of nitrogens with zero attached hydrogens (tertiary/aromatic N) is 2. The first-order chi connectivity index (χ1) is 10.2. The van der Waals surface area contributed by atoms with Crippen LogP contribution >= 0.6 is 11.8 Å². The molecule has 1 aliphatic rings. The Balaban J connectivity index is 1.60. The van der Waals surface area contributed by atoms with E-state index in [2.05, 4.69) is 10.1 Å². The van der Waals surface area contributed by atoms with Crippen LogP contribution in [0.1, 0.15) is 43.3 Å². The van der Waals surface area contributed by atoms with E-state index in [1.165, 1.54) is 17.8 Å². The number of ketones is 1. The predicted molar refractivity (Wildman–Crippen MR) is 76.5 cm³/mol. The Kier molecular flexibility index (Phi) is 4.34. The molecule has 1 saturated carbocycles. The summed E-state index contributed by atoms with van der Waals surface area (Å²) in [5.41, 5.74) is 0. The van der Waals surface area contributed by atoms with Gasteiger partial charge in [-0.2, -0.15) is 4.98 Å². The molecule has 0 spiro atoms. The molecule has 110 valence electrons. The summed E-state index contributed by atoms with van der Waals surface area (Å²) in [5.74, 6) is 1.89. The van der Waals surface area contributed by atoms with Crippen molar-refractivity contribution in [1.82, 2.24) is 10.1 Å². The van der Waals surface area contributed by atoms with E-state index < -0.39 is 0 Å². The number of thioether (sulfide) groups is 1. The van der Waals surface area contributed by atoms with Crippen molar-refractivity contribution in [3.05, 3.63) is 41.8 Å². The Morgan fingerprint density at radius 1 is 1.29 bits per heavy atom. The molecular formula is C15H15FN2O2S. The number of rotatable bonds is 4. The largest absolute Gasteiger partial charge is 0.339 e. The summed E-state index contributed by atoms with van der Waals surface area (Å²) < 4.78 is 18.8. The van der Waals surface area contributed by atoms with Crippen LogP contribution in [0.5, 0.6) is 0 Å². The minimum Gasteiger partial charge on any atom is -0.339 e. The van der Waals surface area contributed by atoms with Crippen LogP contribution in [0.4, 0.5) is 4.39 Å². The second kappa shape index (κ2) is 6.39. The number of hydrogen-bond acceptors (Lipinski definition) is 5. The molecular weight excluding hydrogens is 291 g/mol. The van der Waals surface area contributed by atoms with E-state index >= 15 is 0 Å². The Morgan fingerprint density at radius 3 is 2.81 bits per heavy atom. The minimum atomic E-state index is -0.239. The zero-order valence-electron chi connectivity index (χ0n) is 11.4. The van der Waals surface area contributed by atoms with Crippen LogP contribution in [-0.2, 0) is 10.5 Å². The smallest absolute Gasteiger partial charge is 0.229 e. The molecule has 0 amide bonds. The van der Waals surface area contributed by atoms with Crippen LogP contribution in [0.3, 0.4) is 0 Å². The number of carbonyl (C=O) groups is 1. The van der Waals surface area contributed by atoms with Crippen molar-refractivity contribution >= 4 is 17.5 Å². The first kappa shape index (κ1) is 14.3. The normalized spacial score (nSPS) is 16.3. The molecule has 6 heteroatoms. The lowest BCUT2D eigenvalue weighted by Crippen LogP contribution is -2.12. The van der Waals surface area contributed by atoms with Crippen molar-refractivity contribution in [2.45, 2.75) is 42.2 Å². The Morgan fingerprint density at radius 2 is 2.05 bits per heavy atom. The summed E-state index contributed by atoms with van der Waals surface area (Å²) in [6.07, 6.45) is 2.74. The number of hydrogen-bond donors (Lipinski definition) is 0. The van der Waals surface area contributed by atoms with Gasteiger partial charge in [0.2, 0.25) is 5.89 Å². The molecule has 2 aromatic rings. The highest BCUT2D eigenvalue weighted by Gasteiger charge is 2.25. The van der Waals surface area contributed by atoms with Crippen LogP contribution in [0.2, 0.25) is 0 Å². The SMILES string of the molecule is O=C1CCC(c2nc(CSc3ccccc3F)no2)CC1. The molecule has 21 heavy (non-hydrogen) atoms. The van der Waals surface area contributed by atoms with Gasteiger partial charge >= 0.3 is 0 Å². The number of aromatic nitrogens is 2. The van der Waals surface area contributed by atoms with Crippen LogP contribution in [0.15, 0.2) is 33.7 Å². The van der Waals surface area contributed by atoms with Crippen molar-refractivity contribution in [1.29, 1.82) is 0 Å². The summed E-state index contributed by atoms with van der Waals surface area (Å²) in [5, 5.41) is 3.94. The van der Waals surface area contributed by atoms with Gasteiger partial charge in [-0.1, -0.05) is 17.3 Å². The molecule has 1 fully saturated rings. The van der Waals surface area contributed by atoms with E-state index in [4.69, 9.17) is 4.52 Å². The molecule has 0 bridgehead atoms. The molecule has 1 heterocycles. The molecule has 0 atom stereocenters. The Hall–Kier alpha value is -1.69. The lowest BCUT2D eigenvalue weighted by molar-refractivity contribution is -0.120. The van der Waals surface area contributed by atoms with Crippen molar-refractivity contribution in [2.24, 2.45) is 0 Å². The van der Waals surface area contributed by atoms with Gasteiger partial charge in [-0.15, -0.1) is 11.8 Å². The monoisotopic (exact) mass is 306 g/mol. The highest BCUT2D eigenvalue weighted by atomic mass is 32.2. The van der Waals surface area contributed by atoms with E-state index in [1.54, 1.807) is 18.2 Å². The highest BCUT2D eigenvalue weighted by molar-refractivity contribution is 7.98. The number of benzene rings is 1. The molecule has 0 radical (unpaired) electrons. The van der Waals surface area contributed by atoms with E-state index in [0.717, 1.165) is 12.8 Å². The van der Waals surface area contributed by atoms with E-state index in [9.17, 15) is 9.18 Å². The second-order valence-corrected chi connectivity index (χ2v) is 6.10. The van der Waals surface area contributed by atoms with Crippen LogP contribution < -0.4 is 0 Å². The van der Waals surface area contributed by atoms with Crippen LogP contribution in [0.25, 0.3) is 0 Å². The van der Waals surface area contributed by atoms with Gasteiger partial charge in [-0.25, -0.2) is 4.39 Å². The summed E-state index contributed by atoms with van der Waals surface area (Å²) >= 11 is 1.35. The summed E-state index contributed by atoms with van der Waals surface area (Å²) in [7, 11) is 0. The maximum absolute atomic E-state index is 13.5. The first-order valence-electron chi connectivity index (χ1n) is 6.94. The topological polar surface area (TPSA) is 56.0 Å². The average Bonchev–Trinajstić information content (AvgIpc) is 2.96. The molecule has 4 nitrogen and oxygen atoms in total. The standard InChI is InChI=1S/C15H15FN2O2S/c16-12-3-1-2-4-13(12)21-9-14-17-15(20-18-14)10-5-7-11(19)8-6-10/h1-4,10H,5-9H2. The third-order valence-electron chi connectivity index (χ3n) is 3.57. The van der Waals surface area contributed by atoms with E-state index in [0.29, 0.717) is 41.0 Å². The Labute approximate surface area is 126 Å². The van der Waals surface area contributed by atoms with Gasteiger partial charge in [-0.05, 0) is 25.0 Å². The number of halogens is 1. The lowest BCUT2D eigenvalue weighted by atomic mass is 9.88. The maximum Gasteiger partial charge on any atom is 0.229 e. The van der Waals surface area contributed by atoms with E-state index in [1.807, 2.05) is 0 Å². The predicted octanol–water partition coefficient (Wildman–Crippen LogP) is 3.73. The molecule has 0 aliphatic heterocycles. The molecule has 3 rings (SSSR count). The summed E-state index contributed by atoms with van der Waals surface area (Å²) in [6, 6.07) is 6.62. The fourth-order valence-electron chi connectivity index (χ4n) is 2.38. The molecule has 0 saturated heterocycles. The van der Waals surface area contributed by atoms with Gasteiger partial charge in [0.25, 0.3) is 0 Å². The molecule has 0 unspecified atom stereocenters. The fourth-order valence-corrected chi connectivity index (χ4v) is 3.17. The van der Waals surface area contributed by atoms with Gasteiger partial charge in [0.15, 0.2) is 5.82 Å². The van der Waals surface area contributed by atoms with Crippen molar-refractivity contribution < 1.29 is 13.7 Å². The summed E-state index contributed by atoms with van der Waals surface area (Å²) in [6.45, 7) is 0. The molecule has 1 aromatic heterocycles. The second-order valence-electron chi connectivity index (χ2n) is 5.08. The molecule has 1 aliphatic carbocycles. The lowest BCUT2D eigenvalue weighted by Gasteiger charge is -2.16. The van der Waals surface area contributed by atoms with Gasteiger partial charge in [-0.3, -0.25) is 4.79 Å². The van der Waals surface area contributed by atoms with Gasteiger partial charge in [0.1, 0.15) is 11.6 Å². The van der Waals surface area contributed by atoms with Crippen molar-refractivity contribution in [3.63, 3.8) is 0 Å². The van der Waals surface area contributed by atoms with Crippen LogP contribution in [0, 0.1) is 5.82 Å². The Bertz CT molecular complexity index is 634. The highest BCUT2D eigenvalue weighted by Crippen LogP contribution is 2.31. The number of Topliss-reactive ketones (excluding diaryl/α,β-unsaturated/α-hetero) is 1. The minimum absolute atomic E-state index is 0.183. The van der Waals surface area contributed by atoms with Gasteiger partial charge < -0.3 is 4.52 Å². The zero-order chi connectivity index (χ0) is 14.7. The summed E-state index contributed by atoms with van der Waals surface area (Å²) in [4.78, 5) is 16.2. The first-order valence-corrected chi connectivity index (χ1v) is 7.92. The van der Waals surface area contributed by atoms with Crippen molar-refractivity contribution in [2.75, 3.05) is 0 Å². The molecule has 1 aromatic carbocycles. The average molecular weight is 306 g/mol. The van der Waals surface area contributed by atoms with Gasteiger partial charge in [0, 0.05) is 23.7 Å². The fraction of sp³-hybridized carbons (Fsp3) is 0.400. The molecule has 0 N–H and O–H groups in total. The zero-order valence-corrected chi connectivity index (χ0v) is 12.2. The number of carbonyl (C=O) groups excluding carboxylic acids is 1. The van der Waals surface area contributed by atoms with Crippen molar-refractivity contribution in [3.8, 4) is 0 Å². The third kappa shape index (κ3) is 3.50. The van der Waals surface area contributed by atoms with Crippen LogP contribution in [-0.4, -0.2) is 15.9 Å².